The molecule has 0 fully saturated rings. The van der Waals surface area contributed by atoms with Crippen molar-refractivity contribution in [2.45, 2.75) is 20.8 Å². The minimum atomic E-state index is -0.476. The van der Waals surface area contributed by atoms with Crippen molar-refractivity contribution >= 4 is 17.9 Å². The van der Waals surface area contributed by atoms with E-state index in [0.29, 0.717) is 0 Å². The molecule has 0 spiro atoms. The van der Waals surface area contributed by atoms with Crippen molar-refractivity contribution in [3.05, 3.63) is 0 Å². The van der Waals surface area contributed by atoms with Gasteiger partial charge < -0.3 is 14.2 Å². The van der Waals surface area contributed by atoms with Crippen LogP contribution in [0, 0.1) is 0 Å². The summed E-state index contributed by atoms with van der Waals surface area (Å²) in [6, 6.07) is 0. The Bertz CT molecular complexity index is 222. The topological polar surface area (TPSA) is 82.1 Å². The molecule has 0 saturated heterocycles. The van der Waals surface area contributed by atoms with Gasteiger partial charge in [0.15, 0.2) is 0 Å². The normalized spacial score (nSPS) is 9.75. The van der Waals surface area contributed by atoms with Crippen LogP contribution in [-0.2, 0) is 28.6 Å². The Hall–Kier alpha value is -1.63. The lowest BCUT2D eigenvalue weighted by molar-refractivity contribution is -0.165. The van der Waals surface area contributed by atoms with E-state index >= 15 is 0 Å². The second kappa shape index (κ2) is 7.63. The minimum Gasteiger partial charge on any atom is -0.449 e. The molecule has 0 amide bonds. The predicted octanol–water partition coefficient (Wildman–Crippen LogP) is -0.150. The summed E-state index contributed by atoms with van der Waals surface area (Å²) in [5.41, 5.74) is 0. The second-order valence-corrected chi connectivity index (χ2v) is 2.97. The SMILES string of the molecule is CC(=O)OCN(COC(C)=O)COC(C)=O. The fourth-order valence-electron chi connectivity index (χ4n) is 0.658. The zero-order valence-corrected chi connectivity index (χ0v) is 9.52. The van der Waals surface area contributed by atoms with Crippen LogP contribution in [0.1, 0.15) is 20.8 Å². The van der Waals surface area contributed by atoms with Gasteiger partial charge in [0.25, 0.3) is 0 Å². The highest BCUT2D eigenvalue weighted by Gasteiger charge is 2.09. The van der Waals surface area contributed by atoms with Crippen LogP contribution >= 0.6 is 0 Å². The number of hydrogen-bond acceptors (Lipinski definition) is 7. The van der Waals surface area contributed by atoms with Gasteiger partial charge in [0.2, 0.25) is 0 Å². The summed E-state index contributed by atoms with van der Waals surface area (Å²) in [5, 5.41) is 0. The summed E-state index contributed by atoms with van der Waals surface area (Å²) in [6.07, 6.45) is 0. The summed E-state index contributed by atoms with van der Waals surface area (Å²) in [7, 11) is 0. The van der Waals surface area contributed by atoms with Gasteiger partial charge in [-0.2, -0.15) is 0 Å². The van der Waals surface area contributed by atoms with Crippen molar-refractivity contribution in [3.63, 3.8) is 0 Å². The average Bonchev–Trinajstić information content (AvgIpc) is 2.15. The van der Waals surface area contributed by atoms with Gasteiger partial charge in [-0.05, 0) is 0 Å². The third-order valence-corrected chi connectivity index (χ3v) is 1.35. The van der Waals surface area contributed by atoms with E-state index in [1.54, 1.807) is 0 Å². The number of esters is 3. The van der Waals surface area contributed by atoms with Crippen molar-refractivity contribution in [2.75, 3.05) is 20.2 Å². The fourth-order valence-corrected chi connectivity index (χ4v) is 0.658. The van der Waals surface area contributed by atoms with Gasteiger partial charge in [-0.3, -0.25) is 14.4 Å². The van der Waals surface area contributed by atoms with Crippen LogP contribution in [-0.4, -0.2) is 43.0 Å². The molecule has 0 rings (SSSR count). The smallest absolute Gasteiger partial charge is 0.303 e. The molecule has 0 N–H and O–H groups in total. The highest BCUT2D eigenvalue weighted by Crippen LogP contribution is 1.93. The molecule has 0 aliphatic carbocycles. The summed E-state index contributed by atoms with van der Waals surface area (Å²) >= 11 is 0. The highest BCUT2D eigenvalue weighted by molar-refractivity contribution is 5.66. The van der Waals surface area contributed by atoms with Gasteiger partial charge >= 0.3 is 17.9 Å². The van der Waals surface area contributed by atoms with Gasteiger partial charge in [0.05, 0.1) is 0 Å². The Kier molecular flexibility index (Phi) is 6.86. The van der Waals surface area contributed by atoms with Crippen molar-refractivity contribution in [3.8, 4) is 0 Å². The van der Waals surface area contributed by atoms with E-state index in [4.69, 9.17) is 0 Å². The van der Waals surface area contributed by atoms with E-state index in [2.05, 4.69) is 14.2 Å². The van der Waals surface area contributed by atoms with Crippen LogP contribution in [0.5, 0.6) is 0 Å². The lowest BCUT2D eigenvalue weighted by atomic mass is 10.7. The Morgan fingerprint density at radius 1 is 0.750 bits per heavy atom. The quantitative estimate of drug-likeness (QED) is 0.358. The highest BCUT2D eigenvalue weighted by atomic mass is 16.6. The summed E-state index contributed by atoms with van der Waals surface area (Å²) in [4.78, 5) is 33.0. The number of carbonyl (C=O) groups excluding carboxylic acids is 3. The largest absolute Gasteiger partial charge is 0.449 e. The first-order valence-corrected chi connectivity index (χ1v) is 4.54. The molecule has 0 aromatic rings. The number of carbonyl (C=O) groups is 3. The zero-order valence-electron chi connectivity index (χ0n) is 9.52. The lowest BCUT2D eigenvalue weighted by Gasteiger charge is -2.19. The number of hydrogen-bond donors (Lipinski definition) is 0. The molecule has 0 unspecified atom stereocenters. The molecular weight excluding hydrogens is 218 g/mol. The van der Waals surface area contributed by atoms with E-state index in [9.17, 15) is 14.4 Å². The Morgan fingerprint density at radius 2 is 1.00 bits per heavy atom. The van der Waals surface area contributed by atoms with Gasteiger partial charge in [0, 0.05) is 20.8 Å². The average molecular weight is 233 g/mol. The van der Waals surface area contributed by atoms with Crippen molar-refractivity contribution in [1.29, 1.82) is 0 Å². The summed E-state index contributed by atoms with van der Waals surface area (Å²) < 4.78 is 14.0. The van der Waals surface area contributed by atoms with Crippen LogP contribution in [0.15, 0.2) is 0 Å². The molecule has 0 atom stereocenters. The van der Waals surface area contributed by atoms with Crippen LogP contribution < -0.4 is 0 Å². The van der Waals surface area contributed by atoms with E-state index in [0.717, 1.165) is 0 Å². The van der Waals surface area contributed by atoms with Crippen LogP contribution in [0.25, 0.3) is 0 Å². The standard InChI is InChI=1S/C9H15NO6/c1-7(11)14-4-10(5-15-8(2)12)6-16-9(3)13/h4-6H2,1-3H3. The van der Waals surface area contributed by atoms with Gasteiger partial charge in [-0.25, -0.2) is 4.90 Å². The molecule has 0 aliphatic heterocycles. The van der Waals surface area contributed by atoms with Crippen molar-refractivity contribution in [1.82, 2.24) is 4.90 Å². The molecular formula is C9H15NO6. The minimum absolute atomic E-state index is 0.115. The van der Waals surface area contributed by atoms with Crippen molar-refractivity contribution < 1.29 is 28.6 Å². The fraction of sp³-hybridized carbons (Fsp3) is 0.667. The first kappa shape index (κ1) is 14.4. The van der Waals surface area contributed by atoms with Crippen LogP contribution in [0.4, 0.5) is 0 Å². The maximum Gasteiger partial charge on any atom is 0.303 e. The lowest BCUT2D eigenvalue weighted by Crippen LogP contribution is -2.33. The van der Waals surface area contributed by atoms with Crippen molar-refractivity contribution in [2.24, 2.45) is 0 Å². The second-order valence-electron chi connectivity index (χ2n) is 2.97. The predicted molar refractivity (Wildman–Crippen MR) is 51.7 cm³/mol. The molecule has 0 radical (unpaired) electrons. The van der Waals surface area contributed by atoms with E-state index in [1.807, 2.05) is 0 Å². The van der Waals surface area contributed by atoms with E-state index in [1.165, 1.54) is 25.7 Å². The molecule has 92 valence electrons. The van der Waals surface area contributed by atoms with Crippen LogP contribution in [0.2, 0.25) is 0 Å². The molecule has 16 heavy (non-hydrogen) atoms. The molecule has 7 heteroatoms. The van der Waals surface area contributed by atoms with E-state index in [-0.39, 0.29) is 20.2 Å². The Morgan fingerprint density at radius 3 is 1.19 bits per heavy atom. The Balaban J connectivity index is 3.98. The monoisotopic (exact) mass is 233 g/mol. The third-order valence-electron chi connectivity index (χ3n) is 1.35. The maximum atomic E-state index is 10.6. The maximum absolute atomic E-state index is 10.6. The number of ether oxygens (including phenoxy) is 3. The molecule has 0 aromatic heterocycles. The molecule has 0 heterocycles. The van der Waals surface area contributed by atoms with Gasteiger partial charge in [0.1, 0.15) is 20.2 Å². The number of rotatable bonds is 6. The first-order chi connectivity index (χ1) is 7.41. The Labute approximate surface area is 93.2 Å². The van der Waals surface area contributed by atoms with E-state index < -0.39 is 17.9 Å². The third kappa shape index (κ3) is 8.95. The molecule has 0 bridgehead atoms. The first-order valence-electron chi connectivity index (χ1n) is 4.54. The van der Waals surface area contributed by atoms with Gasteiger partial charge in [-0.1, -0.05) is 0 Å². The zero-order chi connectivity index (χ0) is 12.6. The molecule has 0 aliphatic rings. The van der Waals surface area contributed by atoms with Crippen LogP contribution in [0.3, 0.4) is 0 Å². The van der Waals surface area contributed by atoms with Gasteiger partial charge in [-0.15, -0.1) is 0 Å². The molecule has 0 saturated carbocycles. The molecule has 7 nitrogen and oxygen atoms in total. The summed E-state index contributed by atoms with van der Waals surface area (Å²) in [6.45, 7) is 3.39. The number of nitrogens with zero attached hydrogens (tertiary/aromatic N) is 1. The summed E-state index contributed by atoms with van der Waals surface area (Å²) in [5.74, 6) is -1.43. The molecule has 0 aromatic carbocycles.